The van der Waals surface area contributed by atoms with Gasteiger partial charge < -0.3 is 16.0 Å². The Morgan fingerprint density at radius 1 is 1.59 bits per heavy atom. The maximum atomic E-state index is 5.88. The molecule has 1 aromatic heterocycles. The Morgan fingerprint density at radius 2 is 2.35 bits per heavy atom. The summed E-state index contributed by atoms with van der Waals surface area (Å²) in [5, 5.41) is 3.98. The number of aromatic nitrogens is 1. The number of anilines is 2. The van der Waals surface area contributed by atoms with Crippen LogP contribution in [0.4, 0.5) is 11.5 Å². The Balaban J connectivity index is 2.01. The molecule has 0 bridgehead atoms. The Labute approximate surface area is 107 Å². The SMILES string of the molecule is CC1CC(Nc2ncc(Cl)cc2N)CCN1C. The first-order valence-electron chi connectivity index (χ1n) is 5.94. The van der Waals surface area contributed by atoms with Gasteiger partial charge in [0, 0.05) is 24.8 Å². The number of nitrogens with zero attached hydrogens (tertiary/aromatic N) is 2. The third-order valence-corrected chi connectivity index (χ3v) is 3.64. The lowest BCUT2D eigenvalue weighted by atomic mass is 9.99. The number of halogens is 1. The summed E-state index contributed by atoms with van der Waals surface area (Å²) in [6, 6.07) is 2.77. The Kier molecular flexibility index (Phi) is 3.74. The minimum Gasteiger partial charge on any atom is -0.396 e. The first-order chi connectivity index (χ1) is 8.06. The van der Waals surface area contributed by atoms with Crippen molar-refractivity contribution in [1.29, 1.82) is 0 Å². The fourth-order valence-electron chi connectivity index (χ4n) is 2.19. The highest BCUT2D eigenvalue weighted by atomic mass is 35.5. The van der Waals surface area contributed by atoms with Gasteiger partial charge in [-0.1, -0.05) is 11.6 Å². The average molecular weight is 255 g/mol. The molecule has 1 aliphatic rings. The number of nitrogens with two attached hydrogens (primary N) is 1. The number of likely N-dealkylation sites (tertiary alicyclic amines) is 1. The van der Waals surface area contributed by atoms with Gasteiger partial charge in [0.2, 0.25) is 0 Å². The van der Waals surface area contributed by atoms with Crippen molar-refractivity contribution in [3.05, 3.63) is 17.3 Å². The molecule has 2 rings (SSSR count). The normalized spacial score (nSPS) is 25.8. The van der Waals surface area contributed by atoms with Gasteiger partial charge in [-0.05, 0) is 32.9 Å². The smallest absolute Gasteiger partial charge is 0.149 e. The summed E-state index contributed by atoms with van der Waals surface area (Å²) in [5.74, 6) is 0.746. The summed E-state index contributed by atoms with van der Waals surface area (Å²) in [6.07, 6.45) is 3.85. The minimum absolute atomic E-state index is 0.442. The summed E-state index contributed by atoms with van der Waals surface area (Å²) < 4.78 is 0. The number of hydrogen-bond acceptors (Lipinski definition) is 4. The van der Waals surface area contributed by atoms with E-state index in [2.05, 4.69) is 29.2 Å². The molecule has 1 fully saturated rings. The van der Waals surface area contributed by atoms with E-state index in [4.69, 9.17) is 17.3 Å². The number of rotatable bonds is 2. The molecule has 0 aromatic carbocycles. The van der Waals surface area contributed by atoms with Crippen molar-refractivity contribution < 1.29 is 0 Å². The topological polar surface area (TPSA) is 54.2 Å². The van der Waals surface area contributed by atoms with Gasteiger partial charge >= 0.3 is 0 Å². The van der Waals surface area contributed by atoms with Gasteiger partial charge in [-0.2, -0.15) is 0 Å². The van der Waals surface area contributed by atoms with E-state index in [9.17, 15) is 0 Å². The summed E-state index contributed by atoms with van der Waals surface area (Å²) in [4.78, 5) is 6.61. The molecule has 5 heteroatoms. The lowest BCUT2D eigenvalue weighted by Crippen LogP contribution is -2.42. The van der Waals surface area contributed by atoms with Crippen molar-refractivity contribution in [2.75, 3.05) is 24.6 Å². The molecule has 0 radical (unpaired) electrons. The molecule has 1 aromatic rings. The first-order valence-corrected chi connectivity index (χ1v) is 6.32. The fourth-order valence-corrected chi connectivity index (χ4v) is 2.36. The maximum absolute atomic E-state index is 5.88. The van der Waals surface area contributed by atoms with Gasteiger partial charge in [0.15, 0.2) is 0 Å². The largest absolute Gasteiger partial charge is 0.396 e. The van der Waals surface area contributed by atoms with E-state index in [1.165, 1.54) is 0 Å². The van der Waals surface area contributed by atoms with Crippen LogP contribution in [-0.4, -0.2) is 35.6 Å². The quantitative estimate of drug-likeness (QED) is 0.850. The number of pyridine rings is 1. The molecule has 3 N–H and O–H groups in total. The summed E-state index contributed by atoms with van der Waals surface area (Å²) in [7, 11) is 2.16. The second kappa shape index (κ2) is 5.10. The van der Waals surface area contributed by atoms with E-state index in [1.807, 2.05) is 0 Å². The summed E-state index contributed by atoms with van der Waals surface area (Å²) in [6.45, 7) is 3.35. The molecule has 0 amide bonds. The molecule has 1 saturated heterocycles. The number of nitrogens with one attached hydrogen (secondary N) is 1. The van der Waals surface area contributed by atoms with E-state index in [0.717, 1.165) is 25.2 Å². The third-order valence-electron chi connectivity index (χ3n) is 3.43. The second-order valence-corrected chi connectivity index (χ2v) is 5.22. The van der Waals surface area contributed by atoms with E-state index >= 15 is 0 Å². The zero-order valence-electron chi connectivity index (χ0n) is 10.3. The van der Waals surface area contributed by atoms with Crippen LogP contribution in [0.25, 0.3) is 0 Å². The predicted octanol–water partition coefficient (Wildman–Crippen LogP) is 2.21. The number of hydrogen-bond donors (Lipinski definition) is 2. The van der Waals surface area contributed by atoms with Crippen LogP contribution in [0.3, 0.4) is 0 Å². The lowest BCUT2D eigenvalue weighted by Gasteiger charge is -2.35. The Morgan fingerprint density at radius 3 is 3.00 bits per heavy atom. The monoisotopic (exact) mass is 254 g/mol. The molecular weight excluding hydrogens is 236 g/mol. The van der Waals surface area contributed by atoms with Crippen LogP contribution in [0.5, 0.6) is 0 Å². The lowest BCUT2D eigenvalue weighted by molar-refractivity contribution is 0.190. The molecule has 0 spiro atoms. The molecule has 2 atom stereocenters. The standard InChI is InChI=1S/C12H19ClN4/c1-8-5-10(3-4-17(8)2)16-12-11(14)6-9(13)7-15-12/h6-8,10H,3-5,14H2,1-2H3,(H,15,16). The Bertz CT molecular complexity index is 396. The van der Waals surface area contributed by atoms with Crippen LogP contribution >= 0.6 is 11.6 Å². The van der Waals surface area contributed by atoms with E-state index in [1.54, 1.807) is 12.3 Å². The van der Waals surface area contributed by atoms with Gasteiger partial charge in [-0.3, -0.25) is 0 Å². The van der Waals surface area contributed by atoms with Crippen molar-refractivity contribution in [3.8, 4) is 0 Å². The molecule has 4 nitrogen and oxygen atoms in total. The molecule has 0 saturated carbocycles. The van der Waals surface area contributed by atoms with Crippen molar-refractivity contribution in [2.45, 2.75) is 31.8 Å². The summed E-state index contributed by atoms with van der Waals surface area (Å²) >= 11 is 5.83. The van der Waals surface area contributed by atoms with Crippen LogP contribution < -0.4 is 11.1 Å². The molecule has 0 aliphatic carbocycles. The number of nitrogen functional groups attached to an aromatic ring is 1. The maximum Gasteiger partial charge on any atom is 0.149 e. The summed E-state index contributed by atoms with van der Waals surface area (Å²) in [5.41, 5.74) is 6.50. The first kappa shape index (κ1) is 12.5. The van der Waals surface area contributed by atoms with Gasteiger partial charge in [0.25, 0.3) is 0 Å². The highest BCUT2D eigenvalue weighted by molar-refractivity contribution is 6.30. The molecule has 2 unspecified atom stereocenters. The van der Waals surface area contributed by atoms with Crippen molar-refractivity contribution in [3.63, 3.8) is 0 Å². The van der Waals surface area contributed by atoms with Crippen LogP contribution in [0.2, 0.25) is 5.02 Å². The fraction of sp³-hybridized carbons (Fsp3) is 0.583. The van der Waals surface area contributed by atoms with Gasteiger partial charge in [0.1, 0.15) is 5.82 Å². The van der Waals surface area contributed by atoms with Crippen LogP contribution in [0.15, 0.2) is 12.3 Å². The Hall–Kier alpha value is -1.00. The van der Waals surface area contributed by atoms with Crippen LogP contribution in [0.1, 0.15) is 19.8 Å². The van der Waals surface area contributed by atoms with Crippen LogP contribution in [0, 0.1) is 0 Å². The second-order valence-electron chi connectivity index (χ2n) is 4.79. The van der Waals surface area contributed by atoms with Gasteiger partial charge in [-0.25, -0.2) is 4.98 Å². The van der Waals surface area contributed by atoms with E-state index in [-0.39, 0.29) is 0 Å². The van der Waals surface area contributed by atoms with Gasteiger partial charge in [0.05, 0.1) is 10.7 Å². The highest BCUT2D eigenvalue weighted by Crippen LogP contribution is 2.24. The average Bonchev–Trinajstić information content (AvgIpc) is 2.27. The minimum atomic E-state index is 0.442. The van der Waals surface area contributed by atoms with Crippen molar-refractivity contribution in [2.24, 2.45) is 0 Å². The molecule has 2 heterocycles. The van der Waals surface area contributed by atoms with E-state index < -0.39 is 0 Å². The third kappa shape index (κ3) is 3.01. The van der Waals surface area contributed by atoms with E-state index in [0.29, 0.717) is 22.8 Å². The van der Waals surface area contributed by atoms with Gasteiger partial charge in [-0.15, -0.1) is 0 Å². The highest BCUT2D eigenvalue weighted by Gasteiger charge is 2.23. The van der Waals surface area contributed by atoms with Crippen molar-refractivity contribution in [1.82, 2.24) is 9.88 Å². The molecule has 1 aliphatic heterocycles. The molecular formula is C12H19ClN4. The number of piperidine rings is 1. The zero-order valence-corrected chi connectivity index (χ0v) is 11.0. The zero-order chi connectivity index (χ0) is 12.4. The van der Waals surface area contributed by atoms with Crippen LogP contribution in [-0.2, 0) is 0 Å². The molecule has 17 heavy (non-hydrogen) atoms. The molecule has 94 valence electrons. The predicted molar refractivity (Wildman–Crippen MR) is 72.4 cm³/mol. The van der Waals surface area contributed by atoms with Crippen molar-refractivity contribution >= 4 is 23.1 Å².